The fourth-order valence-electron chi connectivity index (χ4n) is 3.42. The monoisotopic (exact) mass is 238 g/mol. The van der Waals surface area contributed by atoms with Gasteiger partial charge in [-0.3, -0.25) is 4.79 Å². The van der Waals surface area contributed by atoms with E-state index in [1.807, 2.05) is 11.9 Å². The molecule has 2 saturated carbocycles. The van der Waals surface area contributed by atoms with Crippen molar-refractivity contribution < 1.29 is 4.79 Å². The number of carbonyl (C=O) groups excluding carboxylic acids is 1. The highest BCUT2D eigenvalue weighted by Gasteiger charge is 2.35. The number of carbonyl (C=O) groups is 1. The lowest BCUT2D eigenvalue weighted by atomic mass is 9.78. The summed E-state index contributed by atoms with van der Waals surface area (Å²) in [6.07, 6.45) is 8.08. The fourth-order valence-corrected chi connectivity index (χ4v) is 3.42. The van der Waals surface area contributed by atoms with E-state index < -0.39 is 0 Å². The third-order valence-electron chi connectivity index (χ3n) is 4.70. The topological polar surface area (TPSA) is 46.3 Å². The summed E-state index contributed by atoms with van der Waals surface area (Å²) in [6.45, 7) is 2.24. The van der Waals surface area contributed by atoms with Crippen LogP contribution in [0.15, 0.2) is 0 Å². The first-order valence-electron chi connectivity index (χ1n) is 7.12. The van der Waals surface area contributed by atoms with E-state index in [0.29, 0.717) is 17.9 Å². The Morgan fingerprint density at radius 3 is 2.47 bits per heavy atom. The van der Waals surface area contributed by atoms with Crippen LogP contribution >= 0.6 is 0 Å². The maximum absolute atomic E-state index is 12.5. The molecule has 0 spiro atoms. The Balaban J connectivity index is 1.97. The summed E-state index contributed by atoms with van der Waals surface area (Å²) in [7, 11) is 1.98. The molecule has 2 fully saturated rings. The van der Waals surface area contributed by atoms with Gasteiger partial charge in [-0.1, -0.05) is 19.8 Å². The minimum Gasteiger partial charge on any atom is -0.342 e. The van der Waals surface area contributed by atoms with Crippen molar-refractivity contribution in [1.29, 1.82) is 0 Å². The lowest BCUT2D eigenvalue weighted by Gasteiger charge is -2.36. The molecule has 2 N–H and O–H groups in total. The van der Waals surface area contributed by atoms with Gasteiger partial charge in [0.1, 0.15) is 0 Å². The van der Waals surface area contributed by atoms with Crippen LogP contribution in [0.25, 0.3) is 0 Å². The highest BCUT2D eigenvalue weighted by Crippen LogP contribution is 2.31. The summed E-state index contributed by atoms with van der Waals surface area (Å²) in [5, 5.41) is 0. The summed E-state index contributed by atoms with van der Waals surface area (Å²) in [6, 6.07) is 0.564. The number of hydrogen-bond acceptors (Lipinski definition) is 2. The molecule has 0 aromatic rings. The van der Waals surface area contributed by atoms with Gasteiger partial charge in [0, 0.05) is 19.1 Å². The molecule has 3 unspecified atom stereocenters. The lowest BCUT2D eigenvalue weighted by Crippen LogP contribution is -2.48. The van der Waals surface area contributed by atoms with Gasteiger partial charge in [-0.15, -0.1) is 0 Å². The molecule has 0 heterocycles. The molecule has 0 saturated heterocycles. The number of nitrogens with zero attached hydrogens (tertiary/aromatic N) is 1. The summed E-state index contributed by atoms with van der Waals surface area (Å²) in [4.78, 5) is 14.5. The molecule has 98 valence electrons. The van der Waals surface area contributed by atoms with Crippen molar-refractivity contribution in [2.75, 3.05) is 7.05 Å². The van der Waals surface area contributed by atoms with E-state index in [0.717, 1.165) is 12.8 Å². The van der Waals surface area contributed by atoms with E-state index in [1.54, 1.807) is 0 Å². The van der Waals surface area contributed by atoms with Crippen LogP contribution in [-0.2, 0) is 4.79 Å². The quantitative estimate of drug-likeness (QED) is 0.801. The van der Waals surface area contributed by atoms with E-state index >= 15 is 0 Å². The zero-order chi connectivity index (χ0) is 12.4. The molecule has 2 rings (SSSR count). The maximum Gasteiger partial charge on any atom is 0.227 e. The second kappa shape index (κ2) is 5.38. The van der Waals surface area contributed by atoms with Gasteiger partial charge in [-0.05, 0) is 38.0 Å². The molecule has 0 aliphatic heterocycles. The molecule has 3 atom stereocenters. The minimum atomic E-state index is 0.0735. The molecule has 0 radical (unpaired) electrons. The van der Waals surface area contributed by atoms with Crippen molar-refractivity contribution >= 4 is 5.91 Å². The van der Waals surface area contributed by atoms with Crippen molar-refractivity contribution in [2.45, 2.75) is 64.0 Å². The predicted octanol–water partition coefficient (Wildman–Crippen LogP) is 2.15. The molecule has 2 aliphatic rings. The molecular weight excluding hydrogens is 212 g/mol. The van der Waals surface area contributed by atoms with Crippen LogP contribution < -0.4 is 5.73 Å². The molecule has 0 aromatic carbocycles. The molecular formula is C14H26N2O. The Morgan fingerprint density at radius 2 is 1.82 bits per heavy atom. The van der Waals surface area contributed by atoms with Gasteiger partial charge in [0.2, 0.25) is 5.91 Å². The van der Waals surface area contributed by atoms with Crippen LogP contribution in [0.1, 0.15) is 51.9 Å². The Kier molecular flexibility index (Phi) is 4.08. The van der Waals surface area contributed by atoms with Gasteiger partial charge < -0.3 is 10.6 Å². The van der Waals surface area contributed by atoms with Crippen LogP contribution in [-0.4, -0.2) is 29.9 Å². The van der Waals surface area contributed by atoms with E-state index in [9.17, 15) is 4.79 Å². The Labute approximate surface area is 105 Å². The molecule has 1 amide bonds. The molecule has 2 aliphatic carbocycles. The van der Waals surface area contributed by atoms with Gasteiger partial charge in [0.25, 0.3) is 0 Å². The number of hydrogen-bond donors (Lipinski definition) is 1. The maximum atomic E-state index is 12.5. The smallest absolute Gasteiger partial charge is 0.227 e. The predicted molar refractivity (Wildman–Crippen MR) is 69.5 cm³/mol. The first kappa shape index (κ1) is 12.9. The van der Waals surface area contributed by atoms with Crippen LogP contribution in [0.3, 0.4) is 0 Å². The minimum absolute atomic E-state index is 0.0735. The molecule has 0 bridgehead atoms. The standard InChI is InChI=1S/C14H26N2O/c1-10-7-8-13(15)12(9-10)14(17)16(2)11-5-3-4-6-11/h10-13H,3-9,15H2,1-2H3. The summed E-state index contributed by atoms with van der Waals surface area (Å²) < 4.78 is 0. The first-order chi connectivity index (χ1) is 8.09. The van der Waals surface area contributed by atoms with Gasteiger partial charge in [0.15, 0.2) is 0 Å². The van der Waals surface area contributed by atoms with Crippen molar-refractivity contribution in [2.24, 2.45) is 17.6 Å². The van der Waals surface area contributed by atoms with Crippen molar-refractivity contribution in [3.63, 3.8) is 0 Å². The fraction of sp³-hybridized carbons (Fsp3) is 0.929. The van der Waals surface area contributed by atoms with Crippen LogP contribution in [0.2, 0.25) is 0 Å². The molecule has 0 aromatic heterocycles. The molecule has 17 heavy (non-hydrogen) atoms. The largest absolute Gasteiger partial charge is 0.342 e. The van der Waals surface area contributed by atoms with Gasteiger partial charge in [0.05, 0.1) is 5.92 Å². The Morgan fingerprint density at radius 1 is 1.18 bits per heavy atom. The lowest BCUT2D eigenvalue weighted by molar-refractivity contribution is -0.138. The third-order valence-corrected chi connectivity index (χ3v) is 4.70. The van der Waals surface area contributed by atoms with Crippen molar-refractivity contribution in [1.82, 2.24) is 4.90 Å². The van der Waals surface area contributed by atoms with Gasteiger partial charge in [-0.25, -0.2) is 0 Å². The average Bonchev–Trinajstić information content (AvgIpc) is 2.84. The van der Waals surface area contributed by atoms with Gasteiger partial charge >= 0.3 is 0 Å². The first-order valence-corrected chi connectivity index (χ1v) is 7.12. The SMILES string of the molecule is CC1CCC(N)C(C(=O)N(C)C2CCCC2)C1. The molecule has 3 nitrogen and oxygen atoms in total. The zero-order valence-corrected chi connectivity index (χ0v) is 11.2. The Bertz CT molecular complexity index is 273. The normalized spacial score (nSPS) is 34.9. The van der Waals surface area contributed by atoms with E-state index in [1.165, 1.54) is 32.1 Å². The Hall–Kier alpha value is -0.570. The van der Waals surface area contributed by atoms with Crippen molar-refractivity contribution in [3.8, 4) is 0 Å². The second-order valence-electron chi connectivity index (χ2n) is 6.08. The van der Waals surface area contributed by atoms with E-state index in [2.05, 4.69) is 6.92 Å². The number of rotatable bonds is 2. The van der Waals surface area contributed by atoms with Crippen molar-refractivity contribution in [3.05, 3.63) is 0 Å². The van der Waals surface area contributed by atoms with Crippen LogP contribution in [0.5, 0.6) is 0 Å². The summed E-state index contributed by atoms with van der Waals surface area (Å²) in [5.41, 5.74) is 6.13. The van der Waals surface area contributed by atoms with Crippen LogP contribution in [0.4, 0.5) is 0 Å². The highest BCUT2D eigenvalue weighted by molar-refractivity contribution is 5.79. The van der Waals surface area contributed by atoms with Crippen LogP contribution in [0, 0.1) is 11.8 Å². The average molecular weight is 238 g/mol. The second-order valence-corrected chi connectivity index (χ2v) is 6.08. The third kappa shape index (κ3) is 2.82. The number of amides is 1. The molecule has 3 heteroatoms. The summed E-state index contributed by atoms with van der Waals surface area (Å²) in [5.74, 6) is 1.03. The zero-order valence-electron chi connectivity index (χ0n) is 11.2. The summed E-state index contributed by atoms with van der Waals surface area (Å²) >= 11 is 0. The highest BCUT2D eigenvalue weighted by atomic mass is 16.2. The van der Waals surface area contributed by atoms with Gasteiger partial charge in [-0.2, -0.15) is 0 Å². The van der Waals surface area contributed by atoms with E-state index in [4.69, 9.17) is 5.73 Å². The van der Waals surface area contributed by atoms with E-state index in [-0.39, 0.29) is 12.0 Å². The number of nitrogens with two attached hydrogens (primary N) is 1.